The number of amides is 1. The highest BCUT2D eigenvalue weighted by molar-refractivity contribution is 5.96. The molecule has 1 amide bonds. The molecule has 0 N–H and O–H groups in total. The first-order chi connectivity index (χ1) is 14.6. The van der Waals surface area contributed by atoms with Gasteiger partial charge in [0.15, 0.2) is 11.6 Å². The number of piperazine rings is 1. The Kier molecular flexibility index (Phi) is 4.46. The minimum Gasteiger partial charge on any atom is -0.451 e. The Morgan fingerprint density at radius 3 is 2.47 bits per heavy atom. The molecular weight excluding hydrogens is 380 g/mol. The smallest absolute Gasteiger partial charge is 0.289 e. The molecular formula is C22H22N6O2. The number of hydrogen-bond donors (Lipinski definition) is 0. The summed E-state index contributed by atoms with van der Waals surface area (Å²) in [6.07, 6.45) is 1.56. The summed E-state index contributed by atoms with van der Waals surface area (Å²) in [6, 6.07) is 13.4. The third-order valence-electron chi connectivity index (χ3n) is 5.39. The van der Waals surface area contributed by atoms with Gasteiger partial charge in [0.1, 0.15) is 17.7 Å². The number of anilines is 1. The van der Waals surface area contributed by atoms with Gasteiger partial charge in [-0.3, -0.25) is 4.79 Å². The van der Waals surface area contributed by atoms with Crippen molar-refractivity contribution >= 4 is 22.7 Å². The van der Waals surface area contributed by atoms with E-state index in [0.29, 0.717) is 31.9 Å². The lowest BCUT2D eigenvalue weighted by atomic mass is 10.2. The molecule has 1 aliphatic heterocycles. The molecule has 0 radical (unpaired) electrons. The fourth-order valence-corrected chi connectivity index (χ4v) is 3.87. The number of aryl methyl sites for hydroxylation is 2. The summed E-state index contributed by atoms with van der Waals surface area (Å²) in [5.41, 5.74) is 2.71. The molecule has 3 aromatic heterocycles. The number of benzene rings is 1. The summed E-state index contributed by atoms with van der Waals surface area (Å²) >= 11 is 0. The van der Waals surface area contributed by atoms with Crippen LogP contribution in [0.4, 0.5) is 5.82 Å². The van der Waals surface area contributed by atoms with E-state index in [1.54, 1.807) is 6.33 Å². The second-order valence-electron chi connectivity index (χ2n) is 7.50. The number of para-hydroxylation sites is 1. The monoisotopic (exact) mass is 402 g/mol. The van der Waals surface area contributed by atoms with Gasteiger partial charge in [0.05, 0.1) is 5.69 Å². The van der Waals surface area contributed by atoms with Crippen LogP contribution in [0, 0.1) is 13.8 Å². The van der Waals surface area contributed by atoms with E-state index < -0.39 is 0 Å². The molecule has 4 heterocycles. The van der Waals surface area contributed by atoms with E-state index in [0.717, 1.165) is 34.0 Å². The number of fused-ring (bicyclic) bond motifs is 1. The topological polar surface area (TPSA) is 80.3 Å². The van der Waals surface area contributed by atoms with Crippen LogP contribution in [-0.2, 0) is 0 Å². The lowest BCUT2D eigenvalue weighted by Gasteiger charge is -2.35. The molecule has 0 atom stereocenters. The second-order valence-corrected chi connectivity index (χ2v) is 7.50. The van der Waals surface area contributed by atoms with Gasteiger partial charge in [0.2, 0.25) is 0 Å². The summed E-state index contributed by atoms with van der Waals surface area (Å²) in [5, 5.41) is 5.44. The van der Waals surface area contributed by atoms with Crippen LogP contribution in [0.15, 0.2) is 53.2 Å². The van der Waals surface area contributed by atoms with E-state index in [1.165, 1.54) is 0 Å². The number of hydrogen-bond acceptors (Lipinski definition) is 6. The van der Waals surface area contributed by atoms with Gasteiger partial charge in [0.25, 0.3) is 5.91 Å². The van der Waals surface area contributed by atoms with E-state index in [2.05, 4.69) is 20.0 Å². The van der Waals surface area contributed by atoms with E-state index >= 15 is 0 Å². The standard InChI is InChI=1S/C22H22N6O2/c1-15-11-16(2)28(25-15)21-13-20(23-14-24-21)26-7-9-27(10-8-26)22(29)19-12-17-5-3-4-6-18(17)30-19/h3-6,11-14H,7-10H2,1-2H3. The van der Waals surface area contributed by atoms with Crippen molar-refractivity contribution in [3.8, 4) is 5.82 Å². The predicted octanol–water partition coefficient (Wildman–Crippen LogP) is 2.99. The van der Waals surface area contributed by atoms with Gasteiger partial charge in [-0.05, 0) is 32.0 Å². The third kappa shape index (κ3) is 3.30. The maximum atomic E-state index is 12.9. The first-order valence-corrected chi connectivity index (χ1v) is 9.97. The summed E-state index contributed by atoms with van der Waals surface area (Å²) < 4.78 is 7.56. The van der Waals surface area contributed by atoms with Crippen molar-refractivity contribution in [2.75, 3.05) is 31.1 Å². The molecule has 0 unspecified atom stereocenters. The number of aromatic nitrogens is 4. The van der Waals surface area contributed by atoms with Crippen molar-refractivity contribution in [2.24, 2.45) is 0 Å². The van der Waals surface area contributed by atoms with Crippen molar-refractivity contribution in [2.45, 2.75) is 13.8 Å². The third-order valence-corrected chi connectivity index (χ3v) is 5.39. The number of furan rings is 1. The van der Waals surface area contributed by atoms with Gasteiger partial charge in [-0.2, -0.15) is 5.10 Å². The van der Waals surface area contributed by atoms with Gasteiger partial charge in [-0.1, -0.05) is 18.2 Å². The largest absolute Gasteiger partial charge is 0.451 e. The molecule has 0 saturated carbocycles. The Bertz CT molecular complexity index is 1190. The minimum atomic E-state index is -0.0723. The SMILES string of the molecule is Cc1cc(C)n(-c2cc(N3CCN(C(=O)c4cc5ccccc5o4)CC3)ncn2)n1. The Hall–Kier alpha value is -3.68. The van der Waals surface area contributed by atoms with Gasteiger partial charge < -0.3 is 14.2 Å². The van der Waals surface area contributed by atoms with Crippen molar-refractivity contribution < 1.29 is 9.21 Å². The van der Waals surface area contributed by atoms with Gasteiger partial charge in [-0.15, -0.1) is 0 Å². The van der Waals surface area contributed by atoms with Crippen molar-refractivity contribution in [3.05, 3.63) is 65.9 Å². The molecule has 8 nitrogen and oxygen atoms in total. The predicted molar refractivity (Wildman–Crippen MR) is 113 cm³/mol. The number of carbonyl (C=O) groups excluding carboxylic acids is 1. The highest BCUT2D eigenvalue weighted by atomic mass is 16.3. The maximum absolute atomic E-state index is 12.9. The normalized spacial score (nSPS) is 14.5. The van der Waals surface area contributed by atoms with Gasteiger partial charge in [0, 0.05) is 43.3 Å². The van der Waals surface area contributed by atoms with Crippen molar-refractivity contribution in [3.63, 3.8) is 0 Å². The molecule has 0 bridgehead atoms. The lowest BCUT2D eigenvalue weighted by Crippen LogP contribution is -2.49. The minimum absolute atomic E-state index is 0.0723. The highest BCUT2D eigenvalue weighted by Crippen LogP contribution is 2.22. The molecule has 5 rings (SSSR count). The second kappa shape index (κ2) is 7.29. The molecule has 1 aromatic carbocycles. The summed E-state index contributed by atoms with van der Waals surface area (Å²) in [5.74, 6) is 1.89. The average molecular weight is 402 g/mol. The first-order valence-electron chi connectivity index (χ1n) is 9.97. The van der Waals surface area contributed by atoms with Crippen LogP contribution in [0.1, 0.15) is 21.9 Å². The Balaban J connectivity index is 1.29. The van der Waals surface area contributed by atoms with Crippen LogP contribution in [0.5, 0.6) is 0 Å². The number of rotatable bonds is 3. The van der Waals surface area contributed by atoms with Crippen LogP contribution in [0.25, 0.3) is 16.8 Å². The quantitative estimate of drug-likeness (QED) is 0.524. The molecule has 0 spiro atoms. The van der Waals surface area contributed by atoms with Crippen molar-refractivity contribution in [1.29, 1.82) is 0 Å². The van der Waals surface area contributed by atoms with E-state index in [1.807, 2.05) is 65.9 Å². The summed E-state index contributed by atoms with van der Waals surface area (Å²) in [6.45, 7) is 6.57. The van der Waals surface area contributed by atoms with Gasteiger partial charge >= 0.3 is 0 Å². The van der Waals surface area contributed by atoms with Crippen LogP contribution in [-0.4, -0.2) is 56.7 Å². The molecule has 152 valence electrons. The first kappa shape index (κ1) is 18.4. The molecule has 30 heavy (non-hydrogen) atoms. The van der Waals surface area contributed by atoms with Gasteiger partial charge in [-0.25, -0.2) is 14.6 Å². The summed E-state index contributed by atoms with van der Waals surface area (Å²) in [7, 11) is 0. The molecule has 8 heteroatoms. The van der Waals surface area contributed by atoms with E-state index in [-0.39, 0.29) is 5.91 Å². The Labute approximate surface area is 173 Å². The zero-order valence-electron chi connectivity index (χ0n) is 16.9. The fourth-order valence-electron chi connectivity index (χ4n) is 3.87. The van der Waals surface area contributed by atoms with Crippen LogP contribution in [0.3, 0.4) is 0 Å². The molecule has 1 fully saturated rings. The molecule has 1 aliphatic rings. The number of nitrogens with zero attached hydrogens (tertiary/aromatic N) is 6. The van der Waals surface area contributed by atoms with E-state index in [4.69, 9.17) is 4.42 Å². The zero-order chi connectivity index (χ0) is 20.7. The molecule has 4 aromatic rings. The van der Waals surface area contributed by atoms with Crippen molar-refractivity contribution in [1.82, 2.24) is 24.6 Å². The molecule has 0 aliphatic carbocycles. The molecule has 1 saturated heterocycles. The maximum Gasteiger partial charge on any atom is 0.289 e. The zero-order valence-corrected chi connectivity index (χ0v) is 16.9. The Morgan fingerprint density at radius 2 is 1.73 bits per heavy atom. The van der Waals surface area contributed by atoms with Crippen LogP contribution >= 0.6 is 0 Å². The number of carbonyl (C=O) groups is 1. The fraction of sp³-hybridized carbons (Fsp3) is 0.273. The van der Waals surface area contributed by atoms with E-state index in [9.17, 15) is 4.79 Å². The van der Waals surface area contributed by atoms with Crippen LogP contribution < -0.4 is 4.90 Å². The summed E-state index contributed by atoms with van der Waals surface area (Å²) in [4.78, 5) is 25.7. The lowest BCUT2D eigenvalue weighted by molar-refractivity contribution is 0.0717. The average Bonchev–Trinajstić information content (AvgIpc) is 3.36. The Morgan fingerprint density at radius 1 is 0.967 bits per heavy atom. The van der Waals surface area contributed by atoms with Crippen LogP contribution in [0.2, 0.25) is 0 Å². The highest BCUT2D eigenvalue weighted by Gasteiger charge is 2.25.